The van der Waals surface area contributed by atoms with Crippen LogP contribution in [0.15, 0.2) is 0 Å². The van der Waals surface area contributed by atoms with Gasteiger partial charge in [-0.05, 0) is 25.2 Å². The molecular formula is C12H22O2S. The molecule has 1 rings (SSSR count). The molecule has 1 aliphatic rings. The van der Waals surface area contributed by atoms with Crippen LogP contribution in [-0.2, 0) is 4.79 Å². The minimum absolute atomic E-state index is 0.450. The lowest BCUT2D eigenvalue weighted by Crippen LogP contribution is -2.41. The highest BCUT2D eigenvalue weighted by molar-refractivity contribution is 8.02. The van der Waals surface area contributed by atoms with Crippen molar-refractivity contribution in [2.45, 2.75) is 62.9 Å². The van der Waals surface area contributed by atoms with Crippen molar-refractivity contribution in [3.8, 4) is 0 Å². The van der Waals surface area contributed by atoms with Gasteiger partial charge in [0.15, 0.2) is 0 Å². The number of carboxylic acids is 1. The lowest BCUT2D eigenvalue weighted by molar-refractivity contribution is -0.141. The van der Waals surface area contributed by atoms with E-state index in [0.717, 1.165) is 25.7 Å². The number of carboxylic acid groups (broad SMARTS) is 1. The van der Waals surface area contributed by atoms with E-state index in [0.29, 0.717) is 11.2 Å². The van der Waals surface area contributed by atoms with Gasteiger partial charge in [0.2, 0.25) is 0 Å². The molecule has 1 N–H and O–H groups in total. The summed E-state index contributed by atoms with van der Waals surface area (Å²) in [6.45, 7) is 6.43. The third kappa shape index (κ3) is 3.13. The van der Waals surface area contributed by atoms with Gasteiger partial charge in [0, 0.05) is 5.25 Å². The number of rotatable bonds is 4. The smallest absolute Gasteiger partial charge is 0.319 e. The molecule has 3 heteroatoms. The summed E-state index contributed by atoms with van der Waals surface area (Å²) in [7, 11) is 0. The van der Waals surface area contributed by atoms with Gasteiger partial charge in [-0.25, -0.2) is 0 Å². The molecule has 1 fully saturated rings. The summed E-state index contributed by atoms with van der Waals surface area (Å²) in [4.78, 5) is 11.5. The normalized spacial score (nSPS) is 33.7. The van der Waals surface area contributed by atoms with E-state index in [4.69, 9.17) is 0 Å². The predicted molar refractivity (Wildman–Crippen MR) is 65.3 cm³/mol. The van der Waals surface area contributed by atoms with Crippen LogP contribution < -0.4 is 0 Å². The van der Waals surface area contributed by atoms with Crippen LogP contribution in [-0.4, -0.2) is 21.1 Å². The first-order valence-electron chi connectivity index (χ1n) is 5.91. The summed E-state index contributed by atoms with van der Waals surface area (Å²) < 4.78 is -0.493. The van der Waals surface area contributed by atoms with Crippen LogP contribution in [0.25, 0.3) is 0 Å². The minimum Gasteiger partial charge on any atom is -0.480 e. The maximum atomic E-state index is 11.5. The minimum atomic E-state index is -0.598. The average Bonchev–Trinajstić information content (AvgIpc) is 2.17. The molecule has 0 aliphatic heterocycles. The Morgan fingerprint density at radius 3 is 2.80 bits per heavy atom. The Labute approximate surface area is 96.8 Å². The monoisotopic (exact) mass is 230 g/mol. The second-order valence-corrected chi connectivity index (χ2v) is 6.66. The van der Waals surface area contributed by atoms with Crippen LogP contribution in [0.1, 0.15) is 52.9 Å². The van der Waals surface area contributed by atoms with Crippen LogP contribution in [0.4, 0.5) is 0 Å². The van der Waals surface area contributed by atoms with Crippen LogP contribution in [0, 0.1) is 5.92 Å². The van der Waals surface area contributed by atoms with E-state index < -0.39 is 10.7 Å². The summed E-state index contributed by atoms with van der Waals surface area (Å²) in [6.07, 6.45) is 5.00. The Kier molecular flexibility index (Phi) is 4.50. The third-order valence-corrected chi connectivity index (χ3v) is 5.08. The average molecular weight is 230 g/mol. The summed E-state index contributed by atoms with van der Waals surface area (Å²) >= 11 is 1.68. The van der Waals surface area contributed by atoms with E-state index in [9.17, 15) is 9.90 Å². The van der Waals surface area contributed by atoms with Crippen LogP contribution >= 0.6 is 11.8 Å². The molecule has 0 bridgehead atoms. The first-order valence-corrected chi connectivity index (χ1v) is 6.79. The Balaban J connectivity index is 2.73. The molecule has 2 nitrogen and oxygen atoms in total. The Morgan fingerprint density at radius 1 is 1.67 bits per heavy atom. The number of aliphatic carboxylic acids is 1. The molecule has 88 valence electrons. The summed E-state index contributed by atoms with van der Waals surface area (Å²) in [5.41, 5.74) is 0. The number of thioether (sulfide) groups is 1. The van der Waals surface area contributed by atoms with Crippen molar-refractivity contribution in [1.29, 1.82) is 0 Å². The van der Waals surface area contributed by atoms with E-state index in [1.165, 1.54) is 6.42 Å². The van der Waals surface area contributed by atoms with Gasteiger partial charge in [-0.2, -0.15) is 0 Å². The molecule has 0 spiro atoms. The third-order valence-electron chi connectivity index (χ3n) is 3.35. The first kappa shape index (κ1) is 12.9. The van der Waals surface area contributed by atoms with Gasteiger partial charge in [-0.3, -0.25) is 4.79 Å². The molecule has 0 saturated heterocycles. The largest absolute Gasteiger partial charge is 0.480 e. The standard InChI is InChI=1S/C12H22O2S/c1-4-10(3)15-12(11(13)14)7-5-6-9(2)8-12/h9-10H,4-8H2,1-3H3,(H,13,14). The van der Waals surface area contributed by atoms with Gasteiger partial charge < -0.3 is 5.11 Å². The number of hydrogen-bond acceptors (Lipinski definition) is 2. The van der Waals surface area contributed by atoms with E-state index in [-0.39, 0.29) is 0 Å². The highest BCUT2D eigenvalue weighted by Crippen LogP contribution is 2.44. The SMILES string of the molecule is CCC(C)SC1(C(=O)O)CCCC(C)C1. The van der Waals surface area contributed by atoms with Gasteiger partial charge in [0.25, 0.3) is 0 Å². The van der Waals surface area contributed by atoms with Gasteiger partial charge in [-0.15, -0.1) is 11.8 Å². The molecule has 0 aromatic heterocycles. The summed E-state index contributed by atoms with van der Waals surface area (Å²) in [6, 6.07) is 0. The van der Waals surface area contributed by atoms with Crippen molar-refractivity contribution in [2.24, 2.45) is 5.92 Å². The highest BCUT2D eigenvalue weighted by Gasteiger charge is 2.43. The fourth-order valence-electron chi connectivity index (χ4n) is 2.32. The molecule has 1 saturated carbocycles. The molecule has 0 aromatic carbocycles. The lowest BCUT2D eigenvalue weighted by Gasteiger charge is -2.37. The first-order chi connectivity index (χ1) is 7.00. The van der Waals surface area contributed by atoms with E-state index >= 15 is 0 Å². The summed E-state index contributed by atoms with van der Waals surface area (Å²) in [5.74, 6) is -0.0363. The molecular weight excluding hydrogens is 208 g/mol. The molecule has 15 heavy (non-hydrogen) atoms. The zero-order chi connectivity index (χ0) is 11.5. The Bertz CT molecular complexity index is 230. The topological polar surface area (TPSA) is 37.3 Å². The predicted octanol–water partition coefficient (Wildman–Crippen LogP) is 3.55. The Hall–Kier alpha value is -0.180. The zero-order valence-corrected chi connectivity index (χ0v) is 10.8. The molecule has 3 unspecified atom stereocenters. The van der Waals surface area contributed by atoms with E-state index in [2.05, 4.69) is 20.8 Å². The zero-order valence-electron chi connectivity index (χ0n) is 9.95. The second kappa shape index (κ2) is 5.24. The number of hydrogen-bond donors (Lipinski definition) is 1. The van der Waals surface area contributed by atoms with Crippen LogP contribution in [0.3, 0.4) is 0 Å². The summed E-state index contributed by atoms with van der Waals surface area (Å²) in [5, 5.41) is 9.88. The van der Waals surface area contributed by atoms with Gasteiger partial charge in [0.1, 0.15) is 4.75 Å². The van der Waals surface area contributed by atoms with Gasteiger partial charge in [-0.1, -0.05) is 33.6 Å². The van der Waals surface area contributed by atoms with Crippen molar-refractivity contribution in [2.75, 3.05) is 0 Å². The van der Waals surface area contributed by atoms with Crippen LogP contribution in [0.5, 0.6) is 0 Å². The maximum absolute atomic E-state index is 11.5. The van der Waals surface area contributed by atoms with Crippen molar-refractivity contribution >= 4 is 17.7 Å². The van der Waals surface area contributed by atoms with E-state index in [1.54, 1.807) is 11.8 Å². The second-order valence-electron chi connectivity index (χ2n) is 4.84. The van der Waals surface area contributed by atoms with Gasteiger partial charge in [0.05, 0.1) is 0 Å². The van der Waals surface area contributed by atoms with Crippen molar-refractivity contribution in [3.05, 3.63) is 0 Å². The molecule has 0 radical (unpaired) electrons. The van der Waals surface area contributed by atoms with E-state index in [1.807, 2.05) is 0 Å². The maximum Gasteiger partial charge on any atom is 0.319 e. The highest BCUT2D eigenvalue weighted by atomic mass is 32.2. The fourth-order valence-corrected chi connectivity index (χ4v) is 4.00. The quantitative estimate of drug-likeness (QED) is 0.802. The molecule has 0 amide bonds. The molecule has 0 aromatic rings. The fraction of sp³-hybridized carbons (Fsp3) is 0.917. The lowest BCUT2D eigenvalue weighted by atomic mass is 9.82. The number of carbonyl (C=O) groups is 1. The molecule has 3 atom stereocenters. The molecule has 1 aliphatic carbocycles. The molecule has 0 heterocycles. The Morgan fingerprint density at radius 2 is 2.33 bits per heavy atom. The van der Waals surface area contributed by atoms with Crippen molar-refractivity contribution < 1.29 is 9.90 Å². The van der Waals surface area contributed by atoms with Crippen molar-refractivity contribution in [3.63, 3.8) is 0 Å². The van der Waals surface area contributed by atoms with Crippen molar-refractivity contribution in [1.82, 2.24) is 0 Å². The van der Waals surface area contributed by atoms with Gasteiger partial charge >= 0.3 is 5.97 Å². The van der Waals surface area contributed by atoms with Crippen LogP contribution in [0.2, 0.25) is 0 Å².